The van der Waals surface area contributed by atoms with E-state index in [1.54, 1.807) is 10.9 Å². The van der Waals surface area contributed by atoms with E-state index in [2.05, 4.69) is 26.5 Å². The van der Waals surface area contributed by atoms with Crippen LogP contribution in [0.1, 0.15) is 22.9 Å². The first-order valence-electron chi connectivity index (χ1n) is 5.41. The van der Waals surface area contributed by atoms with Gasteiger partial charge in [-0.1, -0.05) is 11.6 Å². The molecule has 5 nitrogen and oxygen atoms in total. The smallest absolute Gasteiger partial charge is 0.173 e. The molecule has 98 valence electrons. The van der Waals surface area contributed by atoms with E-state index in [0.717, 1.165) is 16.8 Å². The van der Waals surface area contributed by atoms with Gasteiger partial charge in [0.25, 0.3) is 0 Å². The lowest BCUT2D eigenvalue weighted by molar-refractivity contribution is 0.506. The standard InChI is InChI=1S/C11H14BrClN4O/c1-6-8(11(13)17(2)16-6)5-9(15-14)7-3-4-18-10(7)12/h3-4,9,15H,5,14H2,1-2H3. The maximum atomic E-state index is 6.21. The van der Waals surface area contributed by atoms with Gasteiger partial charge in [0.1, 0.15) is 5.15 Å². The highest BCUT2D eigenvalue weighted by molar-refractivity contribution is 9.10. The van der Waals surface area contributed by atoms with Crippen molar-refractivity contribution in [1.29, 1.82) is 0 Å². The number of hydrogen-bond donors (Lipinski definition) is 2. The number of rotatable bonds is 4. The highest BCUT2D eigenvalue weighted by Gasteiger charge is 2.20. The van der Waals surface area contributed by atoms with E-state index in [9.17, 15) is 0 Å². The predicted molar refractivity (Wildman–Crippen MR) is 73.1 cm³/mol. The van der Waals surface area contributed by atoms with Crippen LogP contribution in [0.5, 0.6) is 0 Å². The van der Waals surface area contributed by atoms with E-state index in [1.165, 1.54) is 0 Å². The van der Waals surface area contributed by atoms with Crippen molar-refractivity contribution in [3.05, 3.63) is 39.0 Å². The Kier molecular flexibility index (Phi) is 4.11. The Morgan fingerprint density at radius 3 is 2.83 bits per heavy atom. The highest BCUT2D eigenvalue weighted by atomic mass is 79.9. The number of furan rings is 1. The maximum absolute atomic E-state index is 6.21. The fraction of sp³-hybridized carbons (Fsp3) is 0.364. The summed E-state index contributed by atoms with van der Waals surface area (Å²) in [5.41, 5.74) is 5.61. The van der Waals surface area contributed by atoms with Crippen LogP contribution in [0.25, 0.3) is 0 Å². The lowest BCUT2D eigenvalue weighted by atomic mass is 10.0. The van der Waals surface area contributed by atoms with Gasteiger partial charge in [0.05, 0.1) is 18.0 Å². The minimum absolute atomic E-state index is 0.0847. The molecular formula is C11H14BrClN4O. The number of halogens is 2. The molecule has 2 rings (SSSR count). The van der Waals surface area contributed by atoms with Crippen molar-refractivity contribution in [1.82, 2.24) is 15.2 Å². The average Bonchev–Trinajstić information content (AvgIpc) is 2.84. The summed E-state index contributed by atoms with van der Waals surface area (Å²) >= 11 is 9.56. The largest absolute Gasteiger partial charge is 0.457 e. The number of aryl methyl sites for hydroxylation is 2. The van der Waals surface area contributed by atoms with Crippen LogP contribution < -0.4 is 11.3 Å². The van der Waals surface area contributed by atoms with E-state index in [0.29, 0.717) is 16.2 Å². The van der Waals surface area contributed by atoms with Gasteiger partial charge in [0.15, 0.2) is 4.67 Å². The second-order valence-corrected chi connectivity index (χ2v) is 5.13. The van der Waals surface area contributed by atoms with Crippen LogP contribution in [-0.4, -0.2) is 9.78 Å². The maximum Gasteiger partial charge on any atom is 0.173 e. The molecule has 0 bridgehead atoms. The fourth-order valence-corrected chi connectivity index (χ4v) is 2.69. The molecule has 0 amide bonds. The van der Waals surface area contributed by atoms with Crippen LogP contribution >= 0.6 is 27.5 Å². The first kappa shape index (κ1) is 13.6. The molecule has 7 heteroatoms. The van der Waals surface area contributed by atoms with Gasteiger partial charge in [0, 0.05) is 18.2 Å². The molecule has 0 aromatic carbocycles. The molecule has 2 heterocycles. The van der Waals surface area contributed by atoms with Gasteiger partial charge >= 0.3 is 0 Å². The molecule has 0 spiro atoms. The number of nitrogens with one attached hydrogen (secondary N) is 1. The summed E-state index contributed by atoms with van der Waals surface area (Å²) in [5.74, 6) is 5.60. The Bertz CT molecular complexity index is 551. The Hall–Kier alpha value is -0.820. The van der Waals surface area contributed by atoms with Crippen molar-refractivity contribution in [3.8, 4) is 0 Å². The van der Waals surface area contributed by atoms with Crippen LogP contribution in [0.2, 0.25) is 5.15 Å². The molecule has 0 saturated heterocycles. The van der Waals surface area contributed by atoms with Crippen LogP contribution in [0, 0.1) is 6.92 Å². The monoisotopic (exact) mass is 332 g/mol. The summed E-state index contributed by atoms with van der Waals surface area (Å²) in [4.78, 5) is 0. The molecule has 3 N–H and O–H groups in total. The zero-order chi connectivity index (χ0) is 13.3. The molecule has 2 aromatic rings. The fourth-order valence-electron chi connectivity index (χ4n) is 1.92. The summed E-state index contributed by atoms with van der Waals surface area (Å²) in [6, 6.07) is 1.78. The third-order valence-electron chi connectivity index (χ3n) is 2.90. The molecule has 1 atom stereocenters. The van der Waals surface area contributed by atoms with E-state index in [-0.39, 0.29) is 6.04 Å². The van der Waals surface area contributed by atoms with Crippen molar-refractivity contribution in [2.24, 2.45) is 12.9 Å². The topological polar surface area (TPSA) is 69.0 Å². The first-order valence-corrected chi connectivity index (χ1v) is 6.58. The van der Waals surface area contributed by atoms with Crippen molar-refractivity contribution < 1.29 is 4.42 Å². The number of aromatic nitrogens is 2. The normalized spacial score (nSPS) is 12.9. The second-order valence-electron chi connectivity index (χ2n) is 4.05. The Balaban J connectivity index is 2.29. The van der Waals surface area contributed by atoms with E-state index in [4.69, 9.17) is 21.9 Å². The van der Waals surface area contributed by atoms with Gasteiger partial charge in [-0.3, -0.25) is 16.0 Å². The zero-order valence-electron chi connectivity index (χ0n) is 10.1. The lowest BCUT2D eigenvalue weighted by Crippen LogP contribution is -2.29. The van der Waals surface area contributed by atoms with E-state index < -0.39 is 0 Å². The van der Waals surface area contributed by atoms with Crippen LogP contribution in [-0.2, 0) is 13.5 Å². The minimum atomic E-state index is -0.0847. The molecular weight excluding hydrogens is 320 g/mol. The predicted octanol–water partition coefficient (Wildman–Crippen LogP) is 2.48. The molecule has 1 unspecified atom stereocenters. The first-order chi connectivity index (χ1) is 8.54. The molecule has 18 heavy (non-hydrogen) atoms. The summed E-state index contributed by atoms with van der Waals surface area (Å²) in [5, 5.41) is 4.91. The van der Waals surface area contributed by atoms with Crippen molar-refractivity contribution in [2.45, 2.75) is 19.4 Å². The van der Waals surface area contributed by atoms with Gasteiger partial charge < -0.3 is 4.42 Å². The summed E-state index contributed by atoms with van der Waals surface area (Å²) in [7, 11) is 1.82. The van der Waals surface area contributed by atoms with Gasteiger partial charge in [-0.2, -0.15) is 5.10 Å². The summed E-state index contributed by atoms with van der Waals surface area (Å²) in [6.45, 7) is 1.93. The quantitative estimate of drug-likeness (QED) is 0.666. The SMILES string of the molecule is Cc1nn(C)c(Cl)c1CC(NN)c1ccoc1Br. The van der Waals surface area contributed by atoms with E-state index in [1.807, 2.05) is 20.0 Å². The minimum Gasteiger partial charge on any atom is -0.457 e. The molecule has 0 aliphatic rings. The molecule has 2 aromatic heterocycles. The Morgan fingerprint density at radius 2 is 2.39 bits per heavy atom. The third kappa shape index (κ3) is 2.47. The summed E-state index contributed by atoms with van der Waals surface area (Å²) in [6.07, 6.45) is 2.26. The molecule has 0 saturated carbocycles. The van der Waals surface area contributed by atoms with Crippen molar-refractivity contribution >= 4 is 27.5 Å². The van der Waals surface area contributed by atoms with Gasteiger partial charge in [-0.15, -0.1) is 0 Å². The zero-order valence-corrected chi connectivity index (χ0v) is 12.4. The van der Waals surface area contributed by atoms with Gasteiger partial charge in [-0.25, -0.2) is 0 Å². The Labute approximate surface area is 118 Å². The second kappa shape index (κ2) is 5.44. The van der Waals surface area contributed by atoms with Gasteiger partial charge in [0.2, 0.25) is 0 Å². The number of hydrogen-bond acceptors (Lipinski definition) is 4. The number of nitrogens with zero attached hydrogens (tertiary/aromatic N) is 2. The number of nitrogens with two attached hydrogens (primary N) is 1. The molecule has 0 aliphatic heterocycles. The lowest BCUT2D eigenvalue weighted by Gasteiger charge is -2.14. The van der Waals surface area contributed by atoms with Crippen molar-refractivity contribution in [3.63, 3.8) is 0 Å². The third-order valence-corrected chi connectivity index (χ3v) is 4.02. The van der Waals surface area contributed by atoms with Crippen LogP contribution in [0.3, 0.4) is 0 Å². The molecule has 0 radical (unpaired) electrons. The molecule has 0 aliphatic carbocycles. The van der Waals surface area contributed by atoms with Gasteiger partial charge in [-0.05, 0) is 35.3 Å². The van der Waals surface area contributed by atoms with E-state index >= 15 is 0 Å². The number of hydrazine groups is 1. The highest BCUT2D eigenvalue weighted by Crippen LogP contribution is 2.29. The summed E-state index contributed by atoms with van der Waals surface area (Å²) < 4.78 is 7.54. The van der Waals surface area contributed by atoms with Crippen molar-refractivity contribution in [2.75, 3.05) is 0 Å². The Morgan fingerprint density at radius 1 is 1.67 bits per heavy atom. The average molecular weight is 334 g/mol. The van der Waals surface area contributed by atoms with Crippen LogP contribution in [0.4, 0.5) is 0 Å². The molecule has 0 fully saturated rings. The van der Waals surface area contributed by atoms with Crippen LogP contribution in [0.15, 0.2) is 21.4 Å².